The molecule has 0 unspecified atom stereocenters. The number of carbonyl (C=O) groups excluding carboxylic acids is 2. The molecular formula is C30H44N2O4. The summed E-state index contributed by atoms with van der Waals surface area (Å²) in [5, 5.41) is 0. The second kappa shape index (κ2) is 18.5. The molecule has 0 spiro atoms. The maximum Gasteiger partial charge on any atom is 0.311 e. The Morgan fingerprint density at radius 1 is 0.583 bits per heavy atom. The average Bonchev–Trinajstić information content (AvgIpc) is 2.88. The molecule has 0 N–H and O–H groups in total. The van der Waals surface area contributed by atoms with Gasteiger partial charge in [0.15, 0.2) is 11.6 Å². The molecule has 0 saturated heterocycles. The third kappa shape index (κ3) is 12.8. The number of nitrogens with zero attached hydrogens (tertiary/aromatic N) is 2. The van der Waals surface area contributed by atoms with Crippen molar-refractivity contribution in [2.45, 2.75) is 117 Å². The molecule has 1 heterocycles. The van der Waals surface area contributed by atoms with Crippen molar-refractivity contribution in [1.29, 1.82) is 0 Å². The maximum atomic E-state index is 12.1. The van der Waals surface area contributed by atoms with E-state index < -0.39 is 0 Å². The van der Waals surface area contributed by atoms with Gasteiger partial charge in [-0.15, -0.1) is 0 Å². The maximum absolute atomic E-state index is 12.1. The number of unbranched alkanes of at least 4 members (excludes halogenated alkanes) is 12. The monoisotopic (exact) mass is 496 g/mol. The molecule has 1 aromatic carbocycles. The van der Waals surface area contributed by atoms with E-state index in [1.807, 2.05) is 12.1 Å². The molecule has 36 heavy (non-hydrogen) atoms. The molecule has 6 nitrogen and oxygen atoms in total. The first-order chi connectivity index (χ1) is 17.6. The lowest BCUT2D eigenvalue weighted by atomic mass is 10.1. The van der Waals surface area contributed by atoms with Gasteiger partial charge in [0.2, 0.25) is 0 Å². The molecule has 6 heteroatoms. The number of rotatable bonds is 19. The largest absolute Gasteiger partial charge is 0.427 e. The normalized spacial score (nSPS) is 10.8. The summed E-state index contributed by atoms with van der Waals surface area (Å²) in [6.07, 6.45) is 20.3. The van der Waals surface area contributed by atoms with Crippen LogP contribution in [0, 0.1) is 0 Å². The van der Waals surface area contributed by atoms with Gasteiger partial charge in [-0.1, -0.05) is 90.9 Å². The summed E-state index contributed by atoms with van der Waals surface area (Å²) in [6.45, 7) is 4.40. The van der Waals surface area contributed by atoms with Gasteiger partial charge in [-0.3, -0.25) is 9.59 Å². The summed E-state index contributed by atoms with van der Waals surface area (Å²) in [4.78, 5) is 32.7. The molecule has 0 aliphatic heterocycles. The first-order valence-electron chi connectivity index (χ1n) is 14.0. The third-order valence-electron chi connectivity index (χ3n) is 6.17. The van der Waals surface area contributed by atoms with Crippen LogP contribution in [-0.2, 0) is 9.59 Å². The highest BCUT2D eigenvalue weighted by Gasteiger charge is 2.09. The Morgan fingerprint density at radius 3 is 1.47 bits per heavy atom. The summed E-state index contributed by atoms with van der Waals surface area (Å²) in [6, 6.07) is 7.13. The molecule has 2 aromatic rings. The summed E-state index contributed by atoms with van der Waals surface area (Å²) in [5.74, 6) is 0.931. The highest BCUT2D eigenvalue weighted by Crippen LogP contribution is 2.21. The van der Waals surface area contributed by atoms with E-state index in [9.17, 15) is 9.59 Å². The van der Waals surface area contributed by atoms with Crippen molar-refractivity contribution >= 4 is 11.9 Å². The molecule has 0 bridgehead atoms. The number of hydrogen-bond acceptors (Lipinski definition) is 6. The van der Waals surface area contributed by atoms with Crippen molar-refractivity contribution in [2.24, 2.45) is 0 Å². The molecule has 0 saturated carbocycles. The van der Waals surface area contributed by atoms with Crippen molar-refractivity contribution in [3.05, 3.63) is 36.7 Å². The molecule has 198 valence electrons. The molecule has 0 amide bonds. The third-order valence-corrected chi connectivity index (χ3v) is 6.17. The van der Waals surface area contributed by atoms with Crippen LogP contribution in [0.5, 0.6) is 11.5 Å². The van der Waals surface area contributed by atoms with Crippen molar-refractivity contribution in [1.82, 2.24) is 9.97 Å². The van der Waals surface area contributed by atoms with E-state index in [-0.39, 0.29) is 11.9 Å². The fourth-order valence-corrected chi connectivity index (χ4v) is 4.01. The standard InChI is InChI=1S/C30H44N2O4/c1-3-5-7-9-10-11-12-14-16-17-28(33)35-26-21-19-25(20-22-26)30-31-23-27(24-32-30)36-29(34)18-15-13-8-6-4-2/h19-24H,3-18H2,1-2H3. The van der Waals surface area contributed by atoms with Gasteiger partial charge in [0.25, 0.3) is 0 Å². The van der Waals surface area contributed by atoms with Crippen LogP contribution in [0.15, 0.2) is 36.7 Å². The van der Waals surface area contributed by atoms with E-state index in [1.54, 1.807) is 12.1 Å². The zero-order valence-electron chi connectivity index (χ0n) is 22.3. The number of benzene rings is 1. The van der Waals surface area contributed by atoms with Crippen molar-refractivity contribution in [3.63, 3.8) is 0 Å². The highest BCUT2D eigenvalue weighted by atomic mass is 16.5. The van der Waals surface area contributed by atoms with E-state index in [0.29, 0.717) is 30.2 Å². The summed E-state index contributed by atoms with van der Waals surface area (Å²) in [7, 11) is 0. The second-order valence-corrected chi connectivity index (χ2v) is 9.46. The predicted octanol–water partition coefficient (Wildman–Crippen LogP) is 8.24. The Kier molecular flexibility index (Phi) is 15.1. The summed E-state index contributed by atoms with van der Waals surface area (Å²) in [5.41, 5.74) is 0.794. The molecule has 1 aromatic heterocycles. The SMILES string of the molecule is CCCCCCCCCCCC(=O)Oc1ccc(-c2ncc(OC(=O)CCCCCCC)cn2)cc1. The van der Waals surface area contributed by atoms with Gasteiger partial charge in [0, 0.05) is 18.4 Å². The lowest BCUT2D eigenvalue weighted by molar-refractivity contribution is -0.135. The second-order valence-electron chi connectivity index (χ2n) is 9.46. The van der Waals surface area contributed by atoms with Gasteiger partial charge in [-0.05, 0) is 37.1 Å². The Morgan fingerprint density at radius 2 is 1.00 bits per heavy atom. The molecular weight excluding hydrogens is 452 g/mol. The van der Waals surface area contributed by atoms with Crippen molar-refractivity contribution < 1.29 is 19.1 Å². The smallest absolute Gasteiger partial charge is 0.311 e. The van der Waals surface area contributed by atoms with Crippen molar-refractivity contribution in [2.75, 3.05) is 0 Å². The van der Waals surface area contributed by atoms with Crippen LogP contribution in [-0.4, -0.2) is 21.9 Å². The topological polar surface area (TPSA) is 78.4 Å². The predicted molar refractivity (Wildman–Crippen MR) is 144 cm³/mol. The Hall–Kier alpha value is -2.76. The van der Waals surface area contributed by atoms with E-state index in [4.69, 9.17) is 9.47 Å². The minimum absolute atomic E-state index is 0.196. The van der Waals surface area contributed by atoms with Crippen LogP contribution in [0.1, 0.15) is 117 Å². The number of ether oxygens (including phenoxy) is 2. The first kappa shape index (κ1) is 29.5. The lowest BCUT2D eigenvalue weighted by Crippen LogP contribution is -2.08. The van der Waals surface area contributed by atoms with Gasteiger partial charge in [0.05, 0.1) is 12.4 Å². The van der Waals surface area contributed by atoms with E-state index in [0.717, 1.165) is 37.7 Å². The molecule has 0 aliphatic carbocycles. The molecule has 0 fully saturated rings. The zero-order valence-corrected chi connectivity index (χ0v) is 22.3. The molecule has 2 rings (SSSR count). The average molecular weight is 497 g/mol. The fraction of sp³-hybridized carbons (Fsp3) is 0.600. The minimum Gasteiger partial charge on any atom is -0.427 e. The molecule has 0 radical (unpaired) electrons. The van der Waals surface area contributed by atoms with Gasteiger partial charge in [-0.2, -0.15) is 0 Å². The van der Waals surface area contributed by atoms with Gasteiger partial charge in [0.1, 0.15) is 5.75 Å². The van der Waals surface area contributed by atoms with Gasteiger partial charge < -0.3 is 9.47 Å². The Balaban J connectivity index is 1.66. The number of aromatic nitrogens is 2. The van der Waals surface area contributed by atoms with Crippen molar-refractivity contribution in [3.8, 4) is 22.9 Å². The van der Waals surface area contributed by atoms with Crippen LogP contribution in [0.2, 0.25) is 0 Å². The van der Waals surface area contributed by atoms with Crippen LogP contribution >= 0.6 is 0 Å². The number of hydrogen-bond donors (Lipinski definition) is 0. The van der Waals surface area contributed by atoms with E-state index >= 15 is 0 Å². The van der Waals surface area contributed by atoms with Crippen LogP contribution in [0.25, 0.3) is 11.4 Å². The Labute approximate surface area is 217 Å². The zero-order chi connectivity index (χ0) is 25.8. The van der Waals surface area contributed by atoms with Crippen LogP contribution in [0.3, 0.4) is 0 Å². The van der Waals surface area contributed by atoms with Crippen LogP contribution in [0.4, 0.5) is 0 Å². The number of esters is 2. The summed E-state index contributed by atoms with van der Waals surface area (Å²) < 4.78 is 10.8. The highest BCUT2D eigenvalue weighted by molar-refractivity contribution is 5.73. The lowest BCUT2D eigenvalue weighted by Gasteiger charge is -2.07. The first-order valence-corrected chi connectivity index (χ1v) is 14.0. The van der Waals surface area contributed by atoms with E-state index in [2.05, 4.69) is 23.8 Å². The molecule has 0 aliphatic rings. The Bertz CT molecular complexity index is 866. The van der Waals surface area contributed by atoms with E-state index in [1.165, 1.54) is 70.2 Å². The molecule has 0 atom stereocenters. The van der Waals surface area contributed by atoms with Crippen LogP contribution < -0.4 is 9.47 Å². The summed E-state index contributed by atoms with van der Waals surface area (Å²) >= 11 is 0. The fourth-order valence-electron chi connectivity index (χ4n) is 4.01. The van der Waals surface area contributed by atoms with Gasteiger partial charge >= 0.3 is 11.9 Å². The number of carbonyl (C=O) groups is 2. The van der Waals surface area contributed by atoms with Gasteiger partial charge in [-0.25, -0.2) is 9.97 Å². The quantitative estimate of drug-likeness (QED) is 0.111. The minimum atomic E-state index is -0.253.